The molecule has 2 aromatic rings. The molecule has 17 heavy (non-hydrogen) atoms. The third kappa shape index (κ3) is 2.74. The fourth-order valence-corrected chi connectivity index (χ4v) is 2.05. The van der Waals surface area contributed by atoms with Crippen molar-refractivity contribution in [2.24, 2.45) is 5.73 Å². The van der Waals surface area contributed by atoms with Crippen LogP contribution in [0.3, 0.4) is 0 Å². The van der Waals surface area contributed by atoms with Crippen molar-refractivity contribution in [3.63, 3.8) is 0 Å². The number of hydrogen-bond donors (Lipinski definition) is 1. The van der Waals surface area contributed by atoms with Gasteiger partial charge < -0.3 is 10.3 Å². The summed E-state index contributed by atoms with van der Waals surface area (Å²) in [7, 11) is 0. The van der Waals surface area contributed by atoms with Crippen LogP contribution in [0, 0.1) is 0 Å². The lowest BCUT2D eigenvalue weighted by molar-refractivity contribution is 0.558. The van der Waals surface area contributed by atoms with Crippen LogP contribution < -0.4 is 11.3 Å². The number of pyridine rings is 1. The van der Waals surface area contributed by atoms with Gasteiger partial charge in [-0.15, -0.1) is 0 Å². The van der Waals surface area contributed by atoms with E-state index in [1.807, 2.05) is 41.8 Å². The van der Waals surface area contributed by atoms with E-state index in [9.17, 15) is 4.79 Å². The van der Waals surface area contributed by atoms with Crippen molar-refractivity contribution in [3.05, 3.63) is 46.8 Å². The lowest BCUT2D eigenvalue weighted by Gasteiger charge is -2.10. The molecule has 90 valence electrons. The smallest absolute Gasteiger partial charge is 0.251 e. The van der Waals surface area contributed by atoms with E-state index < -0.39 is 0 Å². The van der Waals surface area contributed by atoms with Crippen LogP contribution in [0.4, 0.5) is 0 Å². The first-order valence-electron chi connectivity index (χ1n) is 6.02. The zero-order chi connectivity index (χ0) is 12.3. The standard InChI is InChI=1S/C14H18N2O/c1-11(15)5-4-10-16-13-7-3-2-6-12(13)8-9-14(16)17/h2-3,6-9,11H,4-5,10,15H2,1H3. The Kier molecular flexibility index (Phi) is 3.59. The van der Waals surface area contributed by atoms with E-state index in [-0.39, 0.29) is 11.6 Å². The first kappa shape index (κ1) is 11.9. The van der Waals surface area contributed by atoms with E-state index in [4.69, 9.17) is 5.73 Å². The summed E-state index contributed by atoms with van der Waals surface area (Å²) >= 11 is 0. The van der Waals surface area contributed by atoms with Crippen LogP contribution in [0.15, 0.2) is 41.2 Å². The molecular weight excluding hydrogens is 212 g/mol. The van der Waals surface area contributed by atoms with Crippen molar-refractivity contribution in [2.45, 2.75) is 32.4 Å². The Hall–Kier alpha value is -1.61. The molecule has 2 N–H and O–H groups in total. The number of hydrogen-bond acceptors (Lipinski definition) is 2. The van der Waals surface area contributed by atoms with Gasteiger partial charge in [-0.05, 0) is 37.3 Å². The number of rotatable bonds is 4. The van der Waals surface area contributed by atoms with Crippen LogP contribution in [-0.4, -0.2) is 10.6 Å². The van der Waals surface area contributed by atoms with Gasteiger partial charge in [-0.3, -0.25) is 4.79 Å². The first-order valence-corrected chi connectivity index (χ1v) is 6.02. The predicted molar refractivity (Wildman–Crippen MR) is 71.1 cm³/mol. The van der Waals surface area contributed by atoms with Crippen LogP contribution >= 0.6 is 0 Å². The highest BCUT2D eigenvalue weighted by molar-refractivity contribution is 5.78. The number of nitrogens with zero attached hydrogens (tertiary/aromatic N) is 1. The summed E-state index contributed by atoms with van der Waals surface area (Å²) < 4.78 is 1.83. The average molecular weight is 230 g/mol. The van der Waals surface area contributed by atoms with Crippen LogP contribution in [0.1, 0.15) is 19.8 Å². The summed E-state index contributed by atoms with van der Waals surface area (Å²) in [6.07, 6.45) is 1.88. The Balaban J connectivity index is 2.31. The van der Waals surface area contributed by atoms with Crippen LogP contribution in [0.5, 0.6) is 0 Å². The average Bonchev–Trinajstić information content (AvgIpc) is 2.32. The Labute approximate surface area is 101 Å². The van der Waals surface area contributed by atoms with E-state index in [2.05, 4.69) is 0 Å². The van der Waals surface area contributed by atoms with Gasteiger partial charge in [-0.1, -0.05) is 18.2 Å². The quantitative estimate of drug-likeness (QED) is 0.874. The third-order valence-electron chi connectivity index (χ3n) is 2.94. The second-order valence-corrected chi connectivity index (χ2v) is 4.50. The maximum Gasteiger partial charge on any atom is 0.251 e. The van der Waals surface area contributed by atoms with E-state index in [1.165, 1.54) is 0 Å². The minimum Gasteiger partial charge on any atom is -0.328 e. The molecule has 0 aliphatic carbocycles. The molecule has 3 nitrogen and oxygen atoms in total. The number of aromatic nitrogens is 1. The van der Waals surface area contributed by atoms with Crippen molar-refractivity contribution in [1.82, 2.24) is 4.57 Å². The number of nitrogens with two attached hydrogens (primary N) is 1. The molecule has 1 aromatic carbocycles. The van der Waals surface area contributed by atoms with Gasteiger partial charge in [0.25, 0.3) is 5.56 Å². The molecule has 0 aliphatic rings. The van der Waals surface area contributed by atoms with Crippen molar-refractivity contribution in [3.8, 4) is 0 Å². The maximum absolute atomic E-state index is 11.8. The largest absolute Gasteiger partial charge is 0.328 e. The molecular formula is C14H18N2O. The molecule has 1 heterocycles. The van der Waals surface area contributed by atoms with Gasteiger partial charge in [0.15, 0.2) is 0 Å². The fraction of sp³-hybridized carbons (Fsp3) is 0.357. The van der Waals surface area contributed by atoms with Crippen molar-refractivity contribution in [2.75, 3.05) is 0 Å². The fourth-order valence-electron chi connectivity index (χ4n) is 2.05. The molecule has 0 radical (unpaired) electrons. The molecule has 1 aromatic heterocycles. The Bertz CT molecular complexity index is 557. The minimum absolute atomic E-state index is 0.0633. The summed E-state index contributed by atoms with van der Waals surface area (Å²) in [6, 6.07) is 11.7. The van der Waals surface area contributed by atoms with Gasteiger partial charge in [-0.2, -0.15) is 0 Å². The molecule has 0 saturated heterocycles. The minimum atomic E-state index is 0.0633. The summed E-state index contributed by atoms with van der Waals surface area (Å²) in [4.78, 5) is 11.8. The van der Waals surface area contributed by atoms with Gasteiger partial charge in [0.05, 0.1) is 5.52 Å². The Morgan fingerprint density at radius 3 is 2.76 bits per heavy atom. The molecule has 3 heteroatoms. The van der Waals surface area contributed by atoms with Crippen molar-refractivity contribution >= 4 is 10.9 Å². The Morgan fingerprint density at radius 1 is 1.24 bits per heavy atom. The van der Waals surface area contributed by atoms with Gasteiger partial charge in [0, 0.05) is 18.7 Å². The molecule has 0 fully saturated rings. The van der Waals surface area contributed by atoms with Crippen LogP contribution in [-0.2, 0) is 6.54 Å². The molecule has 0 saturated carbocycles. The molecule has 2 rings (SSSR count). The highest BCUT2D eigenvalue weighted by Gasteiger charge is 2.02. The van der Waals surface area contributed by atoms with Crippen molar-refractivity contribution < 1.29 is 0 Å². The highest BCUT2D eigenvalue weighted by Crippen LogP contribution is 2.11. The van der Waals surface area contributed by atoms with Crippen LogP contribution in [0.2, 0.25) is 0 Å². The maximum atomic E-state index is 11.8. The number of aryl methyl sites for hydroxylation is 1. The van der Waals surface area contributed by atoms with E-state index in [1.54, 1.807) is 6.07 Å². The predicted octanol–water partition coefficient (Wildman–Crippen LogP) is 2.13. The zero-order valence-corrected chi connectivity index (χ0v) is 10.1. The highest BCUT2D eigenvalue weighted by atomic mass is 16.1. The van der Waals surface area contributed by atoms with E-state index in [0.717, 1.165) is 30.3 Å². The molecule has 0 bridgehead atoms. The Morgan fingerprint density at radius 2 is 2.00 bits per heavy atom. The lowest BCUT2D eigenvalue weighted by Crippen LogP contribution is -2.21. The summed E-state index contributed by atoms with van der Waals surface area (Å²) in [6.45, 7) is 2.73. The second kappa shape index (κ2) is 5.15. The normalized spacial score (nSPS) is 12.8. The number of fused-ring (bicyclic) bond motifs is 1. The third-order valence-corrected chi connectivity index (χ3v) is 2.94. The van der Waals surface area contributed by atoms with Gasteiger partial charge in [0.1, 0.15) is 0 Å². The van der Waals surface area contributed by atoms with E-state index >= 15 is 0 Å². The summed E-state index contributed by atoms with van der Waals surface area (Å²) in [5.41, 5.74) is 6.79. The van der Waals surface area contributed by atoms with Gasteiger partial charge >= 0.3 is 0 Å². The summed E-state index contributed by atoms with van der Waals surface area (Å²) in [5.74, 6) is 0. The van der Waals surface area contributed by atoms with Gasteiger partial charge in [-0.25, -0.2) is 0 Å². The summed E-state index contributed by atoms with van der Waals surface area (Å²) in [5, 5.41) is 1.10. The first-order chi connectivity index (χ1) is 8.18. The van der Waals surface area contributed by atoms with Crippen molar-refractivity contribution in [1.29, 1.82) is 0 Å². The van der Waals surface area contributed by atoms with E-state index in [0.29, 0.717) is 0 Å². The zero-order valence-electron chi connectivity index (χ0n) is 10.1. The molecule has 1 atom stereocenters. The number of benzene rings is 1. The second-order valence-electron chi connectivity index (χ2n) is 4.50. The molecule has 0 spiro atoms. The van der Waals surface area contributed by atoms with Gasteiger partial charge in [0.2, 0.25) is 0 Å². The molecule has 0 amide bonds. The monoisotopic (exact) mass is 230 g/mol. The van der Waals surface area contributed by atoms with Crippen LogP contribution in [0.25, 0.3) is 10.9 Å². The molecule has 0 aliphatic heterocycles. The number of para-hydroxylation sites is 1. The lowest BCUT2D eigenvalue weighted by atomic mass is 10.1. The molecule has 1 unspecified atom stereocenters. The SMILES string of the molecule is CC(N)CCCn1c(=O)ccc2ccccc21. The topological polar surface area (TPSA) is 48.0 Å².